The molecule has 0 amide bonds. The predicted octanol–water partition coefficient (Wildman–Crippen LogP) is 1.69. The second kappa shape index (κ2) is 5.63. The fourth-order valence-corrected chi connectivity index (χ4v) is 3.92. The van der Waals surface area contributed by atoms with Crippen molar-refractivity contribution in [3.8, 4) is 0 Å². The Hall–Kier alpha value is -1.24. The summed E-state index contributed by atoms with van der Waals surface area (Å²) in [7, 11) is -3.54. The van der Waals surface area contributed by atoms with Crippen LogP contribution >= 0.6 is 0 Å². The molecular weight excluding hydrogens is 278 g/mol. The van der Waals surface area contributed by atoms with Crippen LogP contribution in [-0.2, 0) is 14.8 Å². The number of ether oxygens (including phenoxy) is 1. The van der Waals surface area contributed by atoms with Gasteiger partial charge in [-0.3, -0.25) is 4.79 Å². The summed E-state index contributed by atoms with van der Waals surface area (Å²) in [6, 6.07) is 5.85. The molecule has 0 N–H and O–H groups in total. The van der Waals surface area contributed by atoms with Gasteiger partial charge >= 0.3 is 0 Å². The maximum Gasteiger partial charge on any atom is 0.243 e. The third kappa shape index (κ3) is 2.77. The summed E-state index contributed by atoms with van der Waals surface area (Å²) in [5.41, 5.74) is 0.507. The number of ketones is 1. The Morgan fingerprint density at radius 3 is 2.40 bits per heavy atom. The molecule has 1 aromatic rings. The van der Waals surface area contributed by atoms with Crippen molar-refractivity contribution in [2.24, 2.45) is 0 Å². The molecule has 110 valence electrons. The van der Waals surface area contributed by atoms with Crippen LogP contribution in [0, 0.1) is 0 Å². The fourth-order valence-electron chi connectivity index (χ4n) is 2.24. The van der Waals surface area contributed by atoms with Crippen molar-refractivity contribution in [1.29, 1.82) is 0 Å². The Bertz CT molecular complexity index is 594. The van der Waals surface area contributed by atoms with Gasteiger partial charge < -0.3 is 4.74 Å². The number of sulfonamides is 1. The van der Waals surface area contributed by atoms with Crippen LogP contribution in [0.5, 0.6) is 0 Å². The highest BCUT2D eigenvalue weighted by Gasteiger charge is 2.35. The highest BCUT2D eigenvalue weighted by molar-refractivity contribution is 7.89. The molecule has 20 heavy (non-hydrogen) atoms. The molecule has 0 saturated carbocycles. The minimum atomic E-state index is -3.54. The number of carbonyl (C=O) groups excluding carboxylic acids is 1. The first kappa shape index (κ1) is 15.2. The van der Waals surface area contributed by atoms with Gasteiger partial charge in [-0.1, -0.05) is 12.1 Å². The van der Waals surface area contributed by atoms with E-state index in [4.69, 9.17) is 4.74 Å². The first-order valence-corrected chi connectivity index (χ1v) is 8.02. The molecule has 1 heterocycles. The molecule has 0 aromatic heterocycles. The lowest BCUT2D eigenvalue weighted by molar-refractivity contribution is -0.0232. The van der Waals surface area contributed by atoms with Crippen LogP contribution in [-0.4, -0.2) is 43.8 Å². The average molecular weight is 297 g/mol. The molecule has 6 heteroatoms. The molecule has 0 radical (unpaired) electrons. The number of hydrogen-bond donors (Lipinski definition) is 0. The Morgan fingerprint density at radius 2 is 1.85 bits per heavy atom. The zero-order valence-corrected chi connectivity index (χ0v) is 12.7. The summed E-state index contributed by atoms with van der Waals surface area (Å²) in [5.74, 6) is -0.0812. The van der Waals surface area contributed by atoms with Gasteiger partial charge in [0.05, 0.1) is 17.6 Å². The molecule has 5 nitrogen and oxygen atoms in total. The van der Waals surface area contributed by atoms with Gasteiger partial charge in [-0.25, -0.2) is 8.42 Å². The summed E-state index contributed by atoms with van der Waals surface area (Å²) in [6.45, 7) is 5.91. The number of carbonyl (C=O) groups is 1. The summed E-state index contributed by atoms with van der Waals surface area (Å²) in [6.07, 6.45) is -0.130. The number of benzene rings is 1. The minimum Gasteiger partial charge on any atom is -0.375 e. The largest absolute Gasteiger partial charge is 0.375 e. The van der Waals surface area contributed by atoms with Crippen molar-refractivity contribution in [2.75, 3.05) is 13.2 Å². The molecule has 1 saturated heterocycles. The van der Waals surface area contributed by atoms with Crippen LogP contribution in [0.4, 0.5) is 0 Å². The maximum atomic E-state index is 12.6. The summed E-state index contributed by atoms with van der Waals surface area (Å²) in [5, 5.41) is 0. The maximum absolute atomic E-state index is 12.6. The van der Waals surface area contributed by atoms with E-state index in [2.05, 4.69) is 0 Å². The number of rotatable bonds is 3. The Balaban J connectivity index is 2.32. The number of hydrogen-bond acceptors (Lipinski definition) is 4. The fraction of sp³-hybridized carbons (Fsp3) is 0.500. The van der Waals surface area contributed by atoms with Crippen LogP contribution in [0.3, 0.4) is 0 Å². The van der Waals surface area contributed by atoms with Gasteiger partial charge in [0.15, 0.2) is 5.78 Å². The van der Waals surface area contributed by atoms with Crippen LogP contribution in [0.2, 0.25) is 0 Å². The van der Waals surface area contributed by atoms with Gasteiger partial charge in [0, 0.05) is 18.2 Å². The van der Waals surface area contributed by atoms with Crippen molar-refractivity contribution in [1.82, 2.24) is 4.31 Å². The molecule has 0 aliphatic carbocycles. The average Bonchev–Trinajstić information content (AvgIpc) is 2.41. The SMILES string of the molecule is CC(=O)c1ccc(S(=O)(=O)N2CCOC(C)C2C)cc1. The number of nitrogens with zero attached hydrogens (tertiary/aromatic N) is 1. The van der Waals surface area contributed by atoms with E-state index in [0.29, 0.717) is 18.7 Å². The summed E-state index contributed by atoms with van der Waals surface area (Å²) >= 11 is 0. The van der Waals surface area contributed by atoms with Crippen LogP contribution in [0.1, 0.15) is 31.1 Å². The predicted molar refractivity (Wildman–Crippen MR) is 75.2 cm³/mol. The summed E-state index contributed by atoms with van der Waals surface area (Å²) in [4.78, 5) is 11.4. The Kier molecular flexibility index (Phi) is 4.27. The molecule has 2 rings (SSSR count). The van der Waals surface area contributed by atoms with Gasteiger partial charge in [-0.05, 0) is 32.9 Å². The van der Waals surface area contributed by atoms with E-state index in [9.17, 15) is 13.2 Å². The second-order valence-electron chi connectivity index (χ2n) is 5.01. The van der Waals surface area contributed by atoms with E-state index in [1.807, 2.05) is 13.8 Å². The molecule has 2 atom stereocenters. The summed E-state index contributed by atoms with van der Waals surface area (Å²) < 4.78 is 32.1. The third-order valence-corrected chi connectivity index (χ3v) is 5.69. The van der Waals surface area contributed by atoms with E-state index in [-0.39, 0.29) is 22.8 Å². The lowest BCUT2D eigenvalue weighted by atomic mass is 10.2. The smallest absolute Gasteiger partial charge is 0.243 e. The quantitative estimate of drug-likeness (QED) is 0.796. The van der Waals surface area contributed by atoms with E-state index in [1.54, 1.807) is 12.1 Å². The van der Waals surface area contributed by atoms with Gasteiger partial charge in [0.2, 0.25) is 10.0 Å². The third-order valence-electron chi connectivity index (χ3n) is 3.69. The standard InChI is InChI=1S/C14H19NO4S/c1-10-12(3)19-9-8-15(10)20(17,18)14-6-4-13(5-7-14)11(2)16/h4-7,10,12H,8-9H2,1-3H3. The molecular formula is C14H19NO4S. The van der Waals surface area contributed by atoms with Gasteiger partial charge in [-0.2, -0.15) is 4.31 Å². The Morgan fingerprint density at radius 1 is 1.25 bits per heavy atom. The first-order chi connectivity index (χ1) is 9.34. The van der Waals surface area contributed by atoms with Crippen molar-refractivity contribution in [3.05, 3.63) is 29.8 Å². The van der Waals surface area contributed by atoms with Crippen molar-refractivity contribution < 1.29 is 17.9 Å². The molecule has 1 fully saturated rings. The van der Waals surface area contributed by atoms with E-state index < -0.39 is 10.0 Å². The normalized spacial score (nSPS) is 24.6. The van der Waals surface area contributed by atoms with Crippen LogP contribution < -0.4 is 0 Å². The van der Waals surface area contributed by atoms with Gasteiger partial charge in [0.1, 0.15) is 0 Å². The molecule has 0 spiro atoms. The second-order valence-corrected chi connectivity index (χ2v) is 6.90. The highest BCUT2D eigenvalue weighted by Crippen LogP contribution is 2.23. The van der Waals surface area contributed by atoms with Gasteiger partial charge in [-0.15, -0.1) is 0 Å². The molecule has 1 aliphatic rings. The molecule has 1 aliphatic heterocycles. The molecule has 2 unspecified atom stereocenters. The zero-order valence-electron chi connectivity index (χ0n) is 11.9. The highest BCUT2D eigenvalue weighted by atomic mass is 32.2. The van der Waals surface area contributed by atoms with Crippen molar-refractivity contribution >= 4 is 15.8 Å². The molecule has 0 bridgehead atoms. The van der Waals surface area contributed by atoms with Crippen LogP contribution in [0.15, 0.2) is 29.2 Å². The lowest BCUT2D eigenvalue weighted by Crippen LogP contribution is -2.51. The monoisotopic (exact) mass is 297 g/mol. The Labute approximate surface area is 119 Å². The topological polar surface area (TPSA) is 63.7 Å². The van der Waals surface area contributed by atoms with E-state index >= 15 is 0 Å². The number of morpholine rings is 1. The molecule has 1 aromatic carbocycles. The minimum absolute atomic E-state index is 0.0812. The first-order valence-electron chi connectivity index (χ1n) is 6.58. The van der Waals surface area contributed by atoms with Crippen molar-refractivity contribution in [3.63, 3.8) is 0 Å². The lowest BCUT2D eigenvalue weighted by Gasteiger charge is -2.36. The van der Waals surface area contributed by atoms with Crippen LogP contribution in [0.25, 0.3) is 0 Å². The van der Waals surface area contributed by atoms with E-state index in [0.717, 1.165) is 0 Å². The van der Waals surface area contributed by atoms with Gasteiger partial charge in [0.25, 0.3) is 0 Å². The van der Waals surface area contributed by atoms with Crippen molar-refractivity contribution in [2.45, 2.75) is 37.8 Å². The zero-order chi connectivity index (χ0) is 14.9. The number of Topliss-reactive ketones (excluding diaryl/α,β-unsaturated/α-hetero) is 1. The van der Waals surface area contributed by atoms with E-state index in [1.165, 1.54) is 23.4 Å².